The Labute approximate surface area is 121 Å². The summed E-state index contributed by atoms with van der Waals surface area (Å²) in [5.74, 6) is 0. The molecule has 2 aromatic carbocycles. The van der Waals surface area contributed by atoms with Crippen LogP contribution in [0.1, 0.15) is 24.1 Å². The Morgan fingerprint density at radius 1 is 1.11 bits per heavy atom. The fraction of sp³-hybridized carbons (Fsp3) is 0.200. The molecule has 0 unspecified atom stereocenters. The zero-order valence-electron chi connectivity index (χ0n) is 10.5. The van der Waals surface area contributed by atoms with Gasteiger partial charge in [0.25, 0.3) is 0 Å². The maximum atomic E-state index is 5.87. The first-order chi connectivity index (χ1) is 8.56. The van der Waals surface area contributed by atoms with Crippen LogP contribution in [0.5, 0.6) is 0 Å². The highest BCUT2D eigenvalue weighted by Crippen LogP contribution is 2.34. The molecule has 0 saturated heterocycles. The molecule has 2 aromatic rings. The molecule has 1 nitrogen and oxygen atoms in total. The van der Waals surface area contributed by atoms with Gasteiger partial charge in [0.2, 0.25) is 0 Å². The molecule has 0 aromatic heterocycles. The van der Waals surface area contributed by atoms with Crippen LogP contribution in [0, 0.1) is 6.92 Å². The van der Waals surface area contributed by atoms with Crippen molar-refractivity contribution in [2.24, 2.45) is 5.73 Å². The van der Waals surface area contributed by atoms with Gasteiger partial charge in [-0.3, -0.25) is 0 Å². The fourth-order valence-electron chi connectivity index (χ4n) is 1.62. The Balaban J connectivity index is 2.22. The van der Waals surface area contributed by atoms with Gasteiger partial charge in [-0.25, -0.2) is 0 Å². The molecule has 3 heteroatoms. The second-order valence-electron chi connectivity index (χ2n) is 4.39. The van der Waals surface area contributed by atoms with Crippen LogP contribution in [-0.4, -0.2) is 0 Å². The van der Waals surface area contributed by atoms with E-state index in [-0.39, 0.29) is 6.04 Å². The number of rotatable bonds is 3. The minimum absolute atomic E-state index is 0.0692. The van der Waals surface area contributed by atoms with E-state index < -0.39 is 0 Å². The summed E-state index contributed by atoms with van der Waals surface area (Å²) in [4.78, 5) is 2.46. The van der Waals surface area contributed by atoms with Crippen molar-refractivity contribution in [2.45, 2.75) is 29.7 Å². The SMILES string of the molecule is Cc1ccc(Sc2ccc([C@@H](C)N)cc2Br)cc1. The van der Waals surface area contributed by atoms with Gasteiger partial charge in [0, 0.05) is 20.3 Å². The van der Waals surface area contributed by atoms with Gasteiger partial charge >= 0.3 is 0 Å². The van der Waals surface area contributed by atoms with Gasteiger partial charge < -0.3 is 5.73 Å². The number of hydrogen-bond acceptors (Lipinski definition) is 2. The third-order valence-electron chi connectivity index (χ3n) is 2.73. The zero-order valence-corrected chi connectivity index (χ0v) is 12.9. The highest BCUT2D eigenvalue weighted by Gasteiger charge is 2.06. The number of aryl methyl sites for hydroxylation is 1. The van der Waals surface area contributed by atoms with E-state index in [9.17, 15) is 0 Å². The average Bonchev–Trinajstić information content (AvgIpc) is 2.34. The molecule has 0 radical (unpaired) electrons. The zero-order chi connectivity index (χ0) is 13.1. The Morgan fingerprint density at radius 2 is 1.78 bits per heavy atom. The lowest BCUT2D eigenvalue weighted by Gasteiger charge is -2.09. The van der Waals surface area contributed by atoms with Crippen molar-refractivity contribution in [3.8, 4) is 0 Å². The van der Waals surface area contributed by atoms with Crippen molar-refractivity contribution in [2.75, 3.05) is 0 Å². The normalized spacial score (nSPS) is 12.4. The highest BCUT2D eigenvalue weighted by molar-refractivity contribution is 9.10. The van der Waals surface area contributed by atoms with Gasteiger partial charge in [-0.2, -0.15) is 0 Å². The van der Waals surface area contributed by atoms with E-state index >= 15 is 0 Å². The van der Waals surface area contributed by atoms with Crippen molar-refractivity contribution in [3.63, 3.8) is 0 Å². The second-order valence-corrected chi connectivity index (χ2v) is 6.36. The van der Waals surface area contributed by atoms with Gasteiger partial charge in [0.05, 0.1) is 0 Å². The van der Waals surface area contributed by atoms with E-state index in [1.165, 1.54) is 15.4 Å². The van der Waals surface area contributed by atoms with E-state index in [4.69, 9.17) is 5.73 Å². The summed E-state index contributed by atoms with van der Waals surface area (Å²) < 4.78 is 1.10. The van der Waals surface area contributed by atoms with Crippen molar-refractivity contribution in [1.29, 1.82) is 0 Å². The molecule has 0 aliphatic heterocycles. The molecule has 0 aliphatic carbocycles. The first-order valence-electron chi connectivity index (χ1n) is 5.86. The second kappa shape index (κ2) is 5.91. The smallest absolute Gasteiger partial charge is 0.0318 e. The van der Waals surface area contributed by atoms with Crippen molar-refractivity contribution in [3.05, 3.63) is 58.1 Å². The third-order valence-corrected chi connectivity index (χ3v) is 4.73. The lowest BCUT2D eigenvalue weighted by Crippen LogP contribution is -2.04. The molecule has 0 heterocycles. The molecule has 18 heavy (non-hydrogen) atoms. The molecule has 0 bridgehead atoms. The summed E-state index contributed by atoms with van der Waals surface area (Å²) in [5.41, 5.74) is 8.31. The summed E-state index contributed by atoms with van der Waals surface area (Å²) in [6, 6.07) is 14.9. The molecule has 2 rings (SSSR count). The Hall–Kier alpha value is -0.770. The summed E-state index contributed by atoms with van der Waals surface area (Å²) in [6.07, 6.45) is 0. The third kappa shape index (κ3) is 3.37. The standard InChI is InChI=1S/C15H16BrNS/c1-10-3-6-13(7-4-10)18-15-8-5-12(11(2)17)9-14(15)16/h3-9,11H,17H2,1-2H3/t11-/m1/s1. The van der Waals surface area contributed by atoms with Crippen molar-refractivity contribution < 1.29 is 0 Å². The van der Waals surface area contributed by atoms with E-state index in [0.29, 0.717) is 0 Å². The fourth-order valence-corrected chi connectivity index (χ4v) is 3.07. The Bertz CT molecular complexity index is 535. The maximum absolute atomic E-state index is 5.87. The average molecular weight is 322 g/mol. The summed E-state index contributed by atoms with van der Waals surface area (Å²) in [6.45, 7) is 4.09. The lowest BCUT2D eigenvalue weighted by atomic mass is 10.1. The van der Waals surface area contributed by atoms with Crippen LogP contribution in [0.3, 0.4) is 0 Å². The quantitative estimate of drug-likeness (QED) is 0.867. The van der Waals surface area contributed by atoms with Gasteiger partial charge in [-0.05, 0) is 59.6 Å². The number of halogens is 1. The highest BCUT2D eigenvalue weighted by atomic mass is 79.9. The number of benzene rings is 2. The molecule has 0 saturated carbocycles. The van der Waals surface area contributed by atoms with Crippen molar-refractivity contribution >= 4 is 27.7 Å². The first-order valence-corrected chi connectivity index (χ1v) is 7.47. The molecule has 0 spiro atoms. The summed E-state index contributed by atoms with van der Waals surface area (Å²) >= 11 is 5.37. The maximum Gasteiger partial charge on any atom is 0.0318 e. The van der Waals surface area contributed by atoms with E-state index in [1.54, 1.807) is 11.8 Å². The Morgan fingerprint density at radius 3 is 2.33 bits per heavy atom. The largest absolute Gasteiger partial charge is 0.324 e. The molecular formula is C15H16BrNS. The predicted octanol–water partition coefficient (Wildman–Crippen LogP) is 4.93. The molecule has 1 atom stereocenters. The van der Waals surface area contributed by atoms with Crippen LogP contribution >= 0.6 is 27.7 Å². The molecule has 0 fully saturated rings. The molecule has 2 N–H and O–H groups in total. The lowest BCUT2D eigenvalue weighted by molar-refractivity contribution is 0.815. The van der Waals surface area contributed by atoms with E-state index in [2.05, 4.69) is 65.3 Å². The minimum atomic E-state index is 0.0692. The van der Waals surface area contributed by atoms with Gasteiger partial charge in [0.1, 0.15) is 0 Å². The number of nitrogens with two attached hydrogens (primary N) is 1. The van der Waals surface area contributed by atoms with Crippen LogP contribution < -0.4 is 5.73 Å². The van der Waals surface area contributed by atoms with Crippen LogP contribution in [-0.2, 0) is 0 Å². The van der Waals surface area contributed by atoms with Crippen LogP contribution in [0.15, 0.2) is 56.7 Å². The molecular weight excluding hydrogens is 306 g/mol. The summed E-state index contributed by atoms with van der Waals surface area (Å²) in [7, 11) is 0. The summed E-state index contributed by atoms with van der Waals surface area (Å²) in [5, 5.41) is 0. The van der Waals surface area contributed by atoms with E-state index in [1.807, 2.05) is 6.92 Å². The first kappa shape index (κ1) is 13.7. The topological polar surface area (TPSA) is 26.0 Å². The number of hydrogen-bond donors (Lipinski definition) is 1. The molecule has 0 amide bonds. The van der Waals surface area contributed by atoms with Crippen molar-refractivity contribution in [1.82, 2.24) is 0 Å². The Kier molecular flexibility index (Phi) is 4.49. The van der Waals surface area contributed by atoms with Crippen LogP contribution in [0.25, 0.3) is 0 Å². The minimum Gasteiger partial charge on any atom is -0.324 e. The van der Waals surface area contributed by atoms with Gasteiger partial charge in [0.15, 0.2) is 0 Å². The monoisotopic (exact) mass is 321 g/mol. The molecule has 94 valence electrons. The van der Waals surface area contributed by atoms with Gasteiger partial charge in [-0.15, -0.1) is 0 Å². The van der Waals surface area contributed by atoms with Crippen LogP contribution in [0.2, 0.25) is 0 Å². The van der Waals surface area contributed by atoms with E-state index in [0.717, 1.165) is 10.0 Å². The predicted molar refractivity (Wildman–Crippen MR) is 82.0 cm³/mol. The van der Waals surface area contributed by atoms with Crippen LogP contribution in [0.4, 0.5) is 0 Å². The van der Waals surface area contributed by atoms with Gasteiger partial charge in [-0.1, -0.05) is 35.5 Å². The molecule has 0 aliphatic rings.